The predicted octanol–water partition coefficient (Wildman–Crippen LogP) is 0.324. The van der Waals surface area contributed by atoms with Crippen LogP contribution in [0, 0.1) is 0 Å². The molecular formula is C11H23N3O. The van der Waals surface area contributed by atoms with E-state index in [4.69, 9.17) is 5.73 Å². The standard InChI is InChI=1S/C11H23N3O/c1-10(2,12)8-11(3,4)14-6-5-13-7-9(14)15/h13H,5-8,12H2,1-4H3. The number of carbonyl (C=O) groups is 1. The van der Waals surface area contributed by atoms with Crippen LogP contribution in [0.15, 0.2) is 0 Å². The number of nitrogens with zero attached hydrogens (tertiary/aromatic N) is 1. The molecule has 1 fully saturated rings. The van der Waals surface area contributed by atoms with Gasteiger partial charge in [0.1, 0.15) is 0 Å². The van der Waals surface area contributed by atoms with Crippen LogP contribution in [0.25, 0.3) is 0 Å². The van der Waals surface area contributed by atoms with Crippen molar-refractivity contribution in [1.29, 1.82) is 0 Å². The van der Waals surface area contributed by atoms with Crippen molar-refractivity contribution < 1.29 is 4.79 Å². The highest BCUT2D eigenvalue weighted by molar-refractivity contribution is 5.79. The highest BCUT2D eigenvalue weighted by atomic mass is 16.2. The fourth-order valence-electron chi connectivity index (χ4n) is 2.46. The Bertz CT molecular complexity index is 243. The van der Waals surface area contributed by atoms with Crippen LogP contribution < -0.4 is 11.1 Å². The Morgan fingerprint density at radius 2 is 2.00 bits per heavy atom. The van der Waals surface area contributed by atoms with Crippen molar-refractivity contribution in [2.24, 2.45) is 5.73 Å². The first-order valence-corrected chi connectivity index (χ1v) is 5.52. The average molecular weight is 213 g/mol. The minimum absolute atomic E-state index is 0.155. The van der Waals surface area contributed by atoms with Crippen molar-refractivity contribution in [3.63, 3.8) is 0 Å². The molecule has 4 nitrogen and oxygen atoms in total. The van der Waals surface area contributed by atoms with Crippen LogP contribution in [0.2, 0.25) is 0 Å². The molecule has 1 aliphatic heterocycles. The van der Waals surface area contributed by atoms with Crippen LogP contribution in [-0.2, 0) is 4.79 Å². The minimum Gasteiger partial charge on any atom is -0.335 e. The van der Waals surface area contributed by atoms with E-state index >= 15 is 0 Å². The van der Waals surface area contributed by atoms with Gasteiger partial charge in [0.05, 0.1) is 6.54 Å². The summed E-state index contributed by atoms with van der Waals surface area (Å²) in [5.74, 6) is 0.176. The summed E-state index contributed by atoms with van der Waals surface area (Å²) in [6.07, 6.45) is 0.811. The Morgan fingerprint density at radius 3 is 2.47 bits per heavy atom. The van der Waals surface area contributed by atoms with Gasteiger partial charge in [0.2, 0.25) is 5.91 Å². The maximum absolute atomic E-state index is 11.7. The van der Waals surface area contributed by atoms with E-state index in [0.29, 0.717) is 6.54 Å². The molecule has 15 heavy (non-hydrogen) atoms. The van der Waals surface area contributed by atoms with Crippen molar-refractivity contribution in [3.05, 3.63) is 0 Å². The third-order valence-electron chi connectivity index (χ3n) is 2.71. The predicted molar refractivity (Wildman–Crippen MR) is 61.5 cm³/mol. The third kappa shape index (κ3) is 3.47. The monoisotopic (exact) mass is 213 g/mol. The van der Waals surface area contributed by atoms with Crippen LogP contribution in [0.4, 0.5) is 0 Å². The average Bonchev–Trinajstić information content (AvgIpc) is 1.99. The summed E-state index contributed by atoms with van der Waals surface area (Å²) in [5, 5.41) is 3.08. The molecule has 1 rings (SSSR count). The van der Waals surface area contributed by atoms with Gasteiger partial charge in [-0.25, -0.2) is 0 Å². The van der Waals surface area contributed by atoms with Crippen molar-refractivity contribution in [2.75, 3.05) is 19.6 Å². The second-order valence-electron chi connectivity index (χ2n) is 5.70. The van der Waals surface area contributed by atoms with Gasteiger partial charge in [-0.2, -0.15) is 0 Å². The zero-order valence-electron chi connectivity index (χ0n) is 10.3. The van der Waals surface area contributed by atoms with E-state index in [2.05, 4.69) is 19.2 Å². The third-order valence-corrected chi connectivity index (χ3v) is 2.71. The van der Waals surface area contributed by atoms with Crippen molar-refractivity contribution in [2.45, 2.75) is 45.2 Å². The lowest BCUT2D eigenvalue weighted by Crippen LogP contribution is -2.59. The van der Waals surface area contributed by atoms with E-state index in [1.807, 2.05) is 18.7 Å². The summed E-state index contributed by atoms with van der Waals surface area (Å²) in [4.78, 5) is 13.7. The number of nitrogens with two attached hydrogens (primary N) is 1. The Morgan fingerprint density at radius 1 is 1.40 bits per heavy atom. The summed E-state index contributed by atoms with van der Waals surface area (Å²) in [5.41, 5.74) is 5.62. The van der Waals surface area contributed by atoms with Gasteiger partial charge in [-0.1, -0.05) is 0 Å². The Balaban J connectivity index is 2.70. The maximum Gasteiger partial charge on any atom is 0.237 e. The SMILES string of the molecule is CC(C)(N)CC(C)(C)N1CCNCC1=O. The molecule has 0 spiro atoms. The van der Waals surface area contributed by atoms with Gasteiger partial charge in [0.15, 0.2) is 0 Å². The summed E-state index contributed by atoms with van der Waals surface area (Å²) in [6, 6.07) is 0. The first kappa shape index (κ1) is 12.5. The zero-order valence-corrected chi connectivity index (χ0v) is 10.3. The summed E-state index contributed by atoms with van der Waals surface area (Å²) < 4.78 is 0. The molecule has 4 heteroatoms. The van der Waals surface area contributed by atoms with Gasteiger partial charge in [-0.3, -0.25) is 4.79 Å². The molecule has 1 amide bonds. The molecule has 3 N–H and O–H groups in total. The normalized spacial score (nSPS) is 19.5. The first-order valence-electron chi connectivity index (χ1n) is 5.52. The number of hydrogen-bond acceptors (Lipinski definition) is 3. The van der Waals surface area contributed by atoms with Gasteiger partial charge in [0.25, 0.3) is 0 Å². The molecule has 1 aliphatic rings. The van der Waals surface area contributed by atoms with Crippen LogP contribution >= 0.6 is 0 Å². The molecule has 88 valence electrons. The van der Waals surface area contributed by atoms with E-state index in [9.17, 15) is 4.79 Å². The molecule has 0 saturated carbocycles. The quantitative estimate of drug-likeness (QED) is 0.710. The molecule has 0 radical (unpaired) electrons. The van der Waals surface area contributed by atoms with Gasteiger partial charge in [-0.15, -0.1) is 0 Å². The summed E-state index contributed by atoms with van der Waals surface area (Å²) >= 11 is 0. The Kier molecular flexibility index (Phi) is 3.41. The van der Waals surface area contributed by atoms with E-state index in [1.54, 1.807) is 0 Å². The largest absolute Gasteiger partial charge is 0.335 e. The minimum atomic E-state index is -0.241. The lowest BCUT2D eigenvalue weighted by atomic mass is 9.86. The molecule has 0 aromatic heterocycles. The number of hydrogen-bond donors (Lipinski definition) is 2. The maximum atomic E-state index is 11.7. The highest BCUT2D eigenvalue weighted by Crippen LogP contribution is 2.25. The van der Waals surface area contributed by atoms with Crippen LogP contribution in [0.3, 0.4) is 0 Å². The Labute approximate surface area is 92.2 Å². The van der Waals surface area contributed by atoms with Crippen LogP contribution in [-0.4, -0.2) is 41.5 Å². The lowest BCUT2D eigenvalue weighted by Gasteiger charge is -2.44. The number of nitrogens with one attached hydrogen (secondary N) is 1. The summed E-state index contributed by atoms with van der Waals surface area (Å²) in [6.45, 7) is 10.3. The molecule has 0 aliphatic carbocycles. The van der Waals surface area contributed by atoms with E-state index in [0.717, 1.165) is 19.5 Å². The smallest absolute Gasteiger partial charge is 0.237 e. The molecule has 0 bridgehead atoms. The van der Waals surface area contributed by atoms with E-state index in [-0.39, 0.29) is 17.0 Å². The number of rotatable bonds is 3. The second-order valence-corrected chi connectivity index (χ2v) is 5.70. The highest BCUT2D eigenvalue weighted by Gasteiger charge is 2.35. The van der Waals surface area contributed by atoms with Gasteiger partial charge < -0.3 is 16.0 Å². The molecule has 0 unspecified atom stereocenters. The van der Waals surface area contributed by atoms with Crippen molar-refractivity contribution >= 4 is 5.91 Å². The van der Waals surface area contributed by atoms with E-state index in [1.165, 1.54) is 0 Å². The molecule has 1 heterocycles. The first-order chi connectivity index (χ1) is 6.72. The van der Waals surface area contributed by atoms with Crippen molar-refractivity contribution in [3.8, 4) is 0 Å². The van der Waals surface area contributed by atoms with Crippen LogP contribution in [0.5, 0.6) is 0 Å². The summed E-state index contributed by atoms with van der Waals surface area (Å²) in [7, 11) is 0. The number of amides is 1. The zero-order chi connectivity index (χ0) is 11.7. The van der Waals surface area contributed by atoms with Crippen molar-refractivity contribution in [1.82, 2.24) is 10.2 Å². The molecule has 0 atom stereocenters. The fraction of sp³-hybridized carbons (Fsp3) is 0.909. The van der Waals surface area contributed by atoms with Gasteiger partial charge in [0, 0.05) is 24.2 Å². The fourth-order valence-corrected chi connectivity index (χ4v) is 2.46. The van der Waals surface area contributed by atoms with Gasteiger partial charge >= 0.3 is 0 Å². The molecular weight excluding hydrogens is 190 g/mol. The lowest BCUT2D eigenvalue weighted by molar-refractivity contribution is -0.138. The van der Waals surface area contributed by atoms with E-state index < -0.39 is 0 Å². The molecule has 0 aromatic rings. The molecule has 1 saturated heterocycles. The topological polar surface area (TPSA) is 58.4 Å². The second kappa shape index (κ2) is 4.10. The van der Waals surface area contributed by atoms with Gasteiger partial charge in [-0.05, 0) is 34.1 Å². The van der Waals surface area contributed by atoms with Crippen LogP contribution in [0.1, 0.15) is 34.1 Å². The molecule has 0 aromatic carbocycles. The number of carbonyl (C=O) groups excluding carboxylic acids is 1. The Hall–Kier alpha value is -0.610. The number of piperazine rings is 1.